The normalized spacial score (nSPS) is 10.5. The fraction of sp³-hybridized carbons (Fsp3) is 0.500. The highest BCUT2D eigenvalue weighted by Crippen LogP contribution is 2.22. The molecule has 0 aliphatic rings. The zero-order valence-corrected chi connectivity index (χ0v) is 9.83. The first-order chi connectivity index (χ1) is 7.15. The second-order valence-corrected chi connectivity index (χ2v) is 3.76. The van der Waals surface area contributed by atoms with Crippen molar-refractivity contribution in [2.75, 3.05) is 14.2 Å². The van der Waals surface area contributed by atoms with Gasteiger partial charge in [-0.25, -0.2) is 0 Å². The van der Waals surface area contributed by atoms with Crippen LogP contribution < -0.4 is 14.8 Å². The minimum absolute atomic E-state index is 0.474. The van der Waals surface area contributed by atoms with Gasteiger partial charge in [0.15, 0.2) is 0 Å². The van der Waals surface area contributed by atoms with Crippen LogP contribution in [0.4, 0.5) is 0 Å². The Morgan fingerprint density at radius 2 is 1.60 bits per heavy atom. The van der Waals surface area contributed by atoms with E-state index in [1.54, 1.807) is 14.2 Å². The zero-order chi connectivity index (χ0) is 11.3. The largest absolute Gasteiger partial charge is 0.497 e. The maximum Gasteiger partial charge on any atom is 0.122 e. The van der Waals surface area contributed by atoms with Crippen molar-refractivity contribution in [2.24, 2.45) is 0 Å². The number of nitrogens with one attached hydrogen (secondary N) is 1. The monoisotopic (exact) mass is 209 g/mol. The lowest BCUT2D eigenvalue weighted by Gasteiger charge is -2.11. The smallest absolute Gasteiger partial charge is 0.122 e. The predicted molar refractivity (Wildman–Crippen MR) is 61.5 cm³/mol. The van der Waals surface area contributed by atoms with Gasteiger partial charge >= 0.3 is 0 Å². The van der Waals surface area contributed by atoms with Crippen LogP contribution in [0.15, 0.2) is 18.2 Å². The van der Waals surface area contributed by atoms with Crippen molar-refractivity contribution in [2.45, 2.75) is 26.4 Å². The van der Waals surface area contributed by atoms with E-state index >= 15 is 0 Å². The Kier molecular flexibility index (Phi) is 4.43. The van der Waals surface area contributed by atoms with E-state index in [1.807, 2.05) is 18.2 Å². The van der Waals surface area contributed by atoms with Crippen molar-refractivity contribution in [3.8, 4) is 11.5 Å². The van der Waals surface area contributed by atoms with E-state index in [0.717, 1.165) is 18.0 Å². The summed E-state index contributed by atoms with van der Waals surface area (Å²) in [6, 6.07) is 6.37. The minimum Gasteiger partial charge on any atom is -0.497 e. The highest BCUT2D eigenvalue weighted by molar-refractivity contribution is 5.38. The third kappa shape index (κ3) is 3.80. The molecule has 0 aliphatic carbocycles. The molecule has 0 radical (unpaired) electrons. The van der Waals surface area contributed by atoms with Gasteiger partial charge in [-0.3, -0.25) is 0 Å². The zero-order valence-electron chi connectivity index (χ0n) is 9.83. The lowest BCUT2D eigenvalue weighted by atomic mass is 10.2. The second-order valence-electron chi connectivity index (χ2n) is 3.76. The van der Waals surface area contributed by atoms with Crippen LogP contribution in [-0.2, 0) is 6.54 Å². The molecule has 1 N–H and O–H groups in total. The van der Waals surface area contributed by atoms with Crippen molar-refractivity contribution in [3.05, 3.63) is 23.8 Å². The molecule has 1 aromatic carbocycles. The summed E-state index contributed by atoms with van der Waals surface area (Å²) >= 11 is 0. The van der Waals surface area contributed by atoms with Crippen LogP contribution in [0.5, 0.6) is 11.5 Å². The molecule has 1 rings (SSSR count). The second kappa shape index (κ2) is 5.61. The molecule has 1 aromatic rings. The van der Waals surface area contributed by atoms with Gasteiger partial charge < -0.3 is 14.8 Å². The van der Waals surface area contributed by atoms with Gasteiger partial charge in [0.1, 0.15) is 11.5 Å². The van der Waals surface area contributed by atoms with Crippen LogP contribution in [0.3, 0.4) is 0 Å². The Balaban J connectivity index is 2.77. The summed E-state index contributed by atoms with van der Waals surface area (Å²) in [7, 11) is 3.32. The molecule has 3 heteroatoms. The van der Waals surface area contributed by atoms with E-state index in [1.165, 1.54) is 5.56 Å². The minimum atomic E-state index is 0.474. The summed E-state index contributed by atoms with van der Waals surface area (Å²) in [5.74, 6) is 1.66. The van der Waals surface area contributed by atoms with E-state index in [-0.39, 0.29) is 0 Å². The summed E-state index contributed by atoms with van der Waals surface area (Å²) < 4.78 is 10.4. The molecule has 0 aromatic heterocycles. The average Bonchev–Trinajstić information content (AvgIpc) is 2.25. The summed E-state index contributed by atoms with van der Waals surface area (Å²) in [6.45, 7) is 5.07. The Morgan fingerprint density at radius 1 is 1.07 bits per heavy atom. The van der Waals surface area contributed by atoms with Gasteiger partial charge in [-0.1, -0.05) is 13.8 Å². The Labute approximate surface area is 91.4 Å². The van der Waals surface area contributed by atoms with E-state index in [0.29, 0.717) is 6.04 Å². The van der Waals surface area contributed by atoms with Gasteiger partial charge in [0, 0.05) is 18.7 Å². The van der Waals surface area contributed by atoms with Crippen molar-refractivity contribution < 1.29 is 9.47 Å². The van der Waals surface area contributed by atoms with Crippen LogP contribution in [0.25, 0.3) is 0 Å². The summed E-state index contributed by atoms with van der Waals surface area (Å²) in [6.07, 6.45) is 0. The van der Waals surface area contributed by atoms with Crippen LogP contribution in [0.1, 0.15) is 19.4 Å². The molecule has 15 heavy (non-hydrogen) atoms. The number of methoxy groups -OCH3 is 2. The van der Waals surface area contributed by atoms with Crippen LogP contribution in [0.2, 0.25) is 0 Å². The van der Waals surface area contributed by atoms with E-state index < -0.39 is 0 Å². The number of hydrogen-bond donors (Lipinski definition) is 1. The molecule has 0 unspecified atom stereocenters. The highest BCUT2D eigenvalue weighted by atomic mass is 16.5. The SMILES string of the molecule is COc1cc(CNC(C)C)cc(OC)c1. The first kappa shape index (κ1) is 11.9. The molecular formula is C12H19NO2. The van der Waals surface area contributed by atoms with Crippen molar-refractivity contribution in [3.63, 3.8) is 0 Å². The fourth-order valence-corrected chi connectivity index (χ4v) is 1.29. The number of rotatable bonds is 5. The summed E-state index contributed by atoms with van der Waals surface area (Å²) in [4.78, 5) is 0. The van der Waals surface area contributed by atoms with Crippen molar-refractivity contribution in [1.82, 2.24) is 5.32 Å². The lowest BCUT2D eigenvalue weighted by Crippen LogP contribution is -2.21. The summed E-state index contributed by atoms with van der Waals surface area (Å²) in [5, 5.41) is 3.35. The van der Waals surface area contributed by atoms with Gasteiger partial charge in [0.25, 0.3) is 0 Å². The van der Waals surface area contributed by atoms with Crippen molar-refractivity contribution in [1.29, 1.82) is 0 Å². The lowest BCUT2D eigenvalue weighted by molar-refractivity contribution is 0.393. The topological polar surface area (TPSA) is 30.5 Å². The third-order valence-electron chi connectivity index (χ3n) is 2.13. The van der Waals surface area contributed by atoms with Crippen LogP contribution in [-0.4, -0.2) is 20.3 Å². The van der Waals surface area contributed by atoms with E-state index in [9.17, 15) is 0 Å². The fourth-order valence-electron chi connectivity index (χ4n) is 1.29. The molecule has 84 valence electrons. The molecule has 0 bridgehead atoms. The van der Waals surface area contributed by atoms with Gasteiger partial charge in [0.05, 0.1) is 14.2 Å². The Bertz CT molecular complexity index is 288. The number of ether oxygens (including phenoxy) is 2. The van der Waals surface area contributed by atoms with Crippen LogP contribution >= 0.6 is 0 Å². The molecule has 0 atom stereocenters. The van der Waals surface area contributed by atoms with Gasteiger partial charge in [-0.05, 0) is 17.7 Å². The standard InChI is InChI=1S/C12H19NO2/c1-9(2)13-8-10-5-11(14-3)7-12(6-10)15-4/h5-7,9,13H,8H2,1-4H3. The van der Waals surface area contributed by atoms with Crippen molar-refractivity contribution >= 4 is 0 Å². The molecule has 0 aliphatic heterocycles. The first-order valence-corrected chi connectivity index (χ1v) is 5.11. The number of benzene rings is 1. The van der Waals surface area contributed by atoms with E-state index in [2.05, 4.69) is 19.2 Å². The first-order valence-electron chi connectivity index (χ1n) is 5.11. The average molecular weight is 209 g/mol. The number of hydrogen-bond acceptors (Lipinski definition) is 3. The van der Waals surface area contributed by atoms with Gasteiger partial charge in [0.2, 0.25) is 0 Å². The summed E-state index contributed by atoms with van der Waals surface area (Å²) in [5.41, 5.74) is 1.17. The van der Waals surface area contributed by atoms with Gasteiger partial charge in [-0.15, -0.1) is 0 Å². The molecule has 0 fully saturated rings. The third-order valence-corrected chi connectivity index (χ3v) is 2.13. The predicted octanol–water partition coefficient (Wildman–Crippen LogP) is 2.20. The highest BCUT2D eigenvalue weighted by Gasteiger charge is 2.02. The molecule has 0 heterocycles. The van der Waals surface area contributed by atoms with E-state index in [4.69, 9.17) is 9.47 Å². The molecule has 0 saturated heterocycles. The molecule has 0 saturated carbocycles. The maximum absolute atomic E-state index is 5.20. The molecule has 0 amide bonds. The maximum atomic E-state index is 5.20. The quantitative estimate of drug-likeness (QED) is 0.806. The molecular weight excluding hydrogens is 190 g/mol. The molecule has 3 nitrogen and oxygen atoms in total. The van der Waals surface area contributed by atoms with Crippen LogP contribution in [0, 0.1) is 0 Å². The Morgan fingerprint density at radius 3 is 2.00 bits per heavy atom. The van der Waals surface area contributed by atoms with Gasteiger partial charge in [-0.2, -0.15) is 0 Å². The molecule has 0 spiro atoms. The Hall–Kier alpha value is -1.22.